The maximum absolute atomic E-state index is 4.60. The van der Waals surface area contributed by atoms with Crippen LogP contribution in [0.1, 0.15) is 32.0 Å². The van der Waals surface area contributed by atoms with E-state index in [-0.39, 0.29) is 0 Å². The van der Waals surface area contributed by atoms with E-state index >= 15 is 0 Å². The van der Waals surface area contributed by atoms with Crippen LogP contribution < -0.4 is 0 Å². The third kappa shape index (κ3) is 1.93. The molecule has 0 amide bonds. The lowest BCUT2D eigenvalue weighted by molar-refractivity contribution is 0.272. The zero-order valence-corrected chi connectivity index (χ0v) is 10.3. The molecule has 0 bridgehead atoms. The summed E-state index contributed by atoms with van der Waals surface area (Å²) >= 11 is 0. The highest BCUT2D eigenvalue weighted by Crippen LogP contribution is 2.27. The number of aromatic nitrogens is 3. The highest BCUT2D eigenvalue weighted by atomic mass is 15.2. The van der Waals surface area contributed by atoms with Crippen molar-refractivity contribution in [1.82, 2.24) is 19.9 Å². The summed E-state index contributed by atoms with van der Waals surface area (Å²) in [5.41, 5.74) is 1.89. The molecule has 0 saturated carbocycles. The number of hydrogen-bond donors (Lipinski definition) is 1. The van der Waals surface area contributed by atoms with Crippen molar-refractivity contribution in [2.24, 2.45) is 0 Å². The lowest BCUT2D eigenvalue weighted by atomic mass is 10.1. The van der Waals surface area contributed by atoms with Crippen molar-refractivity contribution in [3.63, 3.8) is 0 Å². The van der Waals surface area contributed by atoms with Gasteiger partial charge in [-0.25, -0.2) is 9.97 Å². The third-order valence-electron chi connectivity index (χ3n) is 3.61. The topological polar surface area (TPSA) is 44.8 Å². The van der Waals surface area contributed by atoms with E-state index < -0.39 is 0 Å². The molecule has 1 aliphatic heterocycles. The van der Waals surface area contributed by atoms with Crippen LogP contribution in [0.4, 0.5) is 0 Å². The highest BCUT2D eigenvalue weighted by molar-refractivity contribution is 5.70. The van der Waals surface area contributed by atoms with Crippen LogP contribution in [0.3, 0.4) is 0 Å². The van der Waals surface area contributed by atoms with Crippen LogP contribution in [0, 0.1) is 0 Å². The van der Waals surface area contributed by atoms with Gasteiger partial charge in [0.25, 0.3) is 0 Å². The molecule has 4 nitrogen and oxygen atoms in total. The molecule has 3 heterocycles. The third-order valence-corrected chi connectivity index (χ3v) is 3.61. The second-order valence-corrected chi connectivity index (χ2v) is 5.07. The molecular formula is C13H18N4. The Morgan fingerprint density at radius 1 is 1.47 bits per heavy atom. The van der Waals surface area contributed by atoms with Crippen molar-refractivity contribution in [3.8, 4) is 0 Å². The first kappa shape index (κ1) is 10.7. The molecule has 90 valence electrons. The van der Waals surface area contributed by atoms with Gasteiger partial charge in [0, 0.05) is 24.7 Å². The zero-order valence-electron chi connectivity index (χ0n) is 10.3. The van der Waals surface area contributed by atoms with Crippen molar-refractivity contribution < 1.29 is 0 Å². The molecule has 1 saturated heterocycles. The van der Waals surface area contributed by atoms with Gasteiger partial charge in [-0.05, 0) is 38.9 Å². The zero-order chi connectivity index (χ0) is 11.8. The first-order valence-corrected chi connectivity index (χ1v) is 6.28. The van der Waals surface area contributed by atoms with E-state index in [4.69, 9.17) is 0 Å². The van der Waals surface area contributed by atoms with Crippen LogP contribution in [0.25, 0.3) is 11.2 Å². The van der Waals surface area contributed by atoms with Gasteiger partial charge in [0.1, 0.15) is 5.82 Å². The van der Waals surface area contributed by atoms with Crippen LogP contribution in [-0.4, -0.2) is 39.0 Å². The number of nitrogens with zero attached hydrogens (tertiary/aromatic N) is 3. The van der Waals surface area contributed by atoms with E-state index in [0.717, 1.165) is 23.5 Å². The van der Waals surface area contributed by atoms with Crippen molar-refractivity contribution in [1.29, 1.82) is 0 Å². The predicted molar refractivity (Wildman–Crippen MR) is 68.0 cm³/mol. The number of hydrogen-bond acceptors (Lipinski definition) is 3. The molecule has 2 aromatic heterocycles. The van der Waals surface area contributed by atoms with Gasteiger partial charge in [-0.15, -0.1) is 0 Å². The van der Waals surface area contributed by atoms with Gasteiger partial charge in [-0.2, -0.15) is 0 Å². The van der Waals surface area contributed by atoms with E-state index in [2.05, 4.69) is 33.7 Å². The standard InChI is InChI=1S/C13H18N4/c1-9(2)17-7-5-10(8-17)12-15-11-4-3-6-14-13(11)16-12/h3-4,6,9-10H,5,7-8H2,1-2H3,(H,14,15,16). The summed E-state index contributed by atoms with van der Waals surface area (Å²) in [6, 6.07) is 4.61. The number of nitrogens with one attached hydrogen (secondary N) is 1. The Morgan fingerprint density at radius 2 is 2.35 bits per heavy atom. The molecule has 17 heavy (non-hydrogen) atoms. The summed E-state index contributed by atoms with van der Waals surface area (Å²) in [5, 5.41) is 0. The van der Waals surface area contributed by atoms with Gasteiger partial charge in [-0.3, -0.25) is 0 Å². The van der Waals surface area contributed by atoms with E-state index in [1.165, 1.54) is 13.0 Å². The summed E-state index contributed by atoms with van der Waals surface area (Å²) in [5.74, 6) is 1.63. The second-order valence-electron chi connectivity index (χ2n) is 5.07. The van der Waals surface area contributed by atoms with Crippen molar-refractivity contribution in [3.05, 3.63) is 24.2 Å². The summed E-state index contributed by atoms with van der Waals surface area (Å²) in [7, 11) is 0. The molecular weight excluding hydrogens is 212 g/mol. The highest BCUT2D eigenvalue weighted by Gasteiger charge is 2.27. The molecule has 1 aliphatic rings. The van der Waals surface area contributed by atoms with Gasteiger partial charge >= 0.3 is 0 Å². The van der Waals surface area contributed by atoms with E-state index in [9.17, 15) is 0 Å². The molecule has 0 aromatic carbocycles. The van der Waals surface area contributed by atoms with Crippen LogP contribution in [0.15, 0.2) is 18.3 Å². The SMILES string of the molecule is CC(C)N1CCC(c2nc3ncccc3[nH]2)C1. The molecule has 3 rings (SSSR count). The molecule has 1 N–H and O–H groups in total. The first-order valence-electron chi connectivity index (χ1n) is 6.28. The van der Waals surface area contributed by atoms with Crippen LogP contribution >= 0.6 is 0 Å². The van der Waals surface area contributed by atoms with Crippen molar-refractivity contribution >= 4 is 11.2 Å². The average molecular weight is 230 g/mol. The van der Waals surface area contributed by atoms with Crippen LogP contribution in [0.5, 0.6) is 0 Å². The largest absolute Gasteiger partial charge is 0.340 e. The second kappa shape index (κ2) is 4.11. The van der Waals surface area contributed by atoms with Crippen LogP contribution in [0.2, 0.25) is 0 Å². The average Bonchev–Trinajstić information content (AvgIpc) is 2.95. The lowest BCUT2D eigenvalue weighted by Crippen LogP contribution is -2.28. The minimum Gasteiger partial charge on any atom is -0.340 e. The monoisotopic (exact) mass is 230 g/mol. The Kier molecular flexibility index (Phi) is 2.59. The quantitative estimate of drug-likeness (QED) is 0.859. The lowest BCUT2D eigenvalue weighted by Gasteiger charge is -2.19. The maximum Gasteiger partial charge on any atom is 0.177 e. The van der Waals surface area contributed by atoms with Crippen LogP contribution in [-0.2, 0) is 0 Å². The Morgan fingerprint density at radius 3 is 3.06 bits per heavy atom. The van der Waals surface area contributed by atoms with Gasteiger partial charge in [0.2, 0.25) is 0 Å². The van der Waals surface area contributed by atoms with E-state index in [0.29, 0.717) is 12.0 Å². The fourth-order valence-corrected chi connectivity index (χ4v) is 2.54. The molecule has 0 aliphatic carbocycles. The van der Waals surface area contributed by atoms with Gasteiger partial charge in [0.15, 0.2) is 5.65 Å². The fraction of sp³-hybridized carbons (Fsp3) is 0.538. The predicted octanol–water partition coefficient (Wildman–Crippen LogP) is 2.16. The Bertz CT molecular complexity index is 484. The number of likely N-dealkylation sites (tertiary alicyclic amines) is 1. The summed E-state index contributed by atoms with van der Waals surface area (Å²) < 4.78 is 0. The fourth-order valence-electron chi connectivity index (χ4n) is 2.54. The number of rotatable bonds is 2. The molecule has 0 spiro atoms. The Hall–Kier alpha value is -1.42. The van der Waals surface area contributed by atoms with Crippen molar-refractivity contribution in [2.45, 2.75) is 32.2 Å². The summed E-state index contributed by atoms with van der Waals surface area (Å²) in [6.45, 7) is 6.79. The molecule has 1 fully saturated rings. The molecule has 2 aromatic rings. The normalized spacial score (nSPS) is 21.7. The number of aromatic amines is 1. The Labute approximate surface area is 101 Å². The molecule has 0 radical (unpaired) electrons. The minimum atomic E-state index is 0.534. The Balaban J connectivity index is 1.85. The number of fused-ring (bicyclic) bond motifs is 1. The molecule has 1 atom stereocenters. The first-order chi connectivity index (χ1) is 8.24. The number of pyridine rings is 1. The maximum atomic E-state index is 4.60. The van der Waals surface area contributed by atoms with E-state index in [1.54, 1.807) is 6.20 Å². The van der Waals surface area contributed by atoms with Gasteiger partial charge in [-0.1, -0.05) is 0 Å². The molecule has 4 heteroatoms. The van der Waals surface area contributed by atoms with E-state index in [1.807, 2.05) is 12.1 Å². The van der Waals surface area contributed by atoms with Crippen molar-refractivity contribution in [2.75, 3.05) is 13.1 Å². The molecule has 1 unspecified atom stereocenters. The summed E-state index contributed by atoms with van der Waals surface area (Å²) in [4.78, 5) is 14.8. The number of imidazole rings is 1. The van der Waals surface area contributed by atoms with Gasteiger partial charge < -0.3 is 9.88 Å². The minimum absolute atomic E-state index is 0.534. The summed E-state index contributed by atoms with van der Waals surface area (Å²) in [6.07, 6.45) is 2.99. The smallest absolute Gasteiger partial charge is 0.177 e. The number of H-pyrrole nitrogens is 1. The van der Waals surface area contributed by atoms with Gasteiger partial charge in [0.05, 0.1) is 5.52 Å².